The lowest BCUT2D eigenvalue weighted by Gasteiger charge is -2.37. The van der Waals surface area contributed by atoms with Crippen molar-refractivity contribution in [3.8, 4) is 11.1 Å². The zero-order valence-corrected chi connectivity index (χ0v) is 17.6. The van der Waals surface area contributed by atoms with E-state index in [4.69, 9.17) is 10.7 Å². The lowest BCUT2D eigenvalue weighted by atomic mass is 9.90. The molecule has 1 amide bonds. The van der Waals surface area contributed by atoms with Crippen molar-refractivity contribution in [2.24, 2.45) is 7.05 Å². The minimum absolute atomic E-state index is 0.130. The molecular weight excluding hydrogens is 440 g/mol. The number of hydrogen-bond acceptors (Lipinski definition) is 5. The van der Waals surface area contributed by atoms with Gasteiger partial charge in [0.15, 0.2) is 5.65 Å². The first kappa shape index (κ1) is 19.4. The number of anilines is 1. The predicted octanol–water partition coefficient (Wildman–Crippen LogP) is 2.26. The molecule has 3 aromatic rings. The molecule has 152 valence electrons. The molecule has 9 nitrogen and oxygen atoms in total. The number of aromatic nitrogens is 4. The summed E-state index contributed by atoms with van der Waals surface area (Å²) < 4.78 is 4.15. The molecule has 3 N–H and O–H groups in total. The van der Waals surface area contributed by atoms with Gasteiger partial charge in [-0.3, -0.25) is 4.79 Å². The maximum absolute atomic E-state index is 12.0. The lowest BCUT2D eigenvalue weighted by molar-refractivity contribution is -0.151. The second-order valence-corrected chi connectivity index (χ2v) is 8.15. The van der Waals surface area contributed by atoms with E-state index in [9.17, 15) is 14.7 Å². The Morgan fingerprint density at radius 3 is 2.72 bits per heavy atom. The SMILES string of the molecule is CC(=O)N1CC(c2nc3c(-c4ccn(C)c4)cnn3c(N)c2Br)CCC1C(=O)O. The van der Waals surface area contributed by atoms with E-state index in [0.29, 0.717) is 34.5 Å². The first-order chi connectivity index (χ1) is 13.8. The van der Waals surface area contributed by atoms with Crippen LogP contribution >= 0.6 is 15.9 Å². The number of fused-ring (bicyclic) bond motifs is 1. The predicted molar refractivity (Wildman–Crippen MR) is 110 cm³/mol. The van der Waals surface area contributed by atoms with Crippen LogP contribution in [0.4, 0.5) is 5.82 Å². The summed E-state index contributed by atoms with van der Waals surface area (Å²) in [5.74, 6) is -0.957. The number of aliphatic carboxylic acids is 1. The molecule has 4 heterocycles. The molecule has 0 radical (unpaired) electrons. The minimum Gasteiger partial charge on any atom is -0.480 e. The summed E-state index contributed by atoms with van der Waals surface area (Å²) in [5.41, 5.74) is 9.49. The van der Waals surface area contributed by atoms with E-state index >= 15 is 0 Å². The molecular formula is C19H21BrN6O3. The molecule has 1 aliphatic rings. The summed E-state index contributed by atoms with van der Waals surface area (Å²) in [5, 5.41) is 13.8. The molecule has 2 atom stereocenters. The molecule has 0 spiro atoms. The fourth-order valence-electron chi connectivity index (χ4n) is 3.95. The smallest absolute Gasteiger partial charge is 0.326 e. The van der Waals surface area contributed by atoms with Crippen molar-refractivity contribution >= 4 is 39.3 Å². The molecule has 1 aliphatic heterocycles. The molecule has 1 saturated heterocycles. The summed E-state index contributed by atoms with van der Waals surface area (Å²) in [6.45, 7) is 1.67. The Balaban J connectivity index is 1.79. The third-order valence-electron chi connectivity index (χ3n) is 5.45. The summed E-state index contributed by atoms with van der Waals surface area (Å²) in [7, 11) is 1.94. The standard InChI is InChI=1S/C19H21BrN6O3/c1-10(27)25-9-12(3-4-14(25)19(28)29)16-15(20)17(21)26-18(23-16)13(7-22-26)11-5-6-24(2)8-11/h5-8,12,14H,3-4,9,21H2,1-2H3,(H,28,29). The second-order valence-electron chi connectivity index (χ2n) is 7.36. The van der Waals surface area contributed by atoms with Crippen molar-refractivity contribution in [1.82, 2.24) is 24.1 Å². The Bertz CT molecular complexity index is 1120. The van der Waals surface area contributed by atoms with Gasteiger partial charge in [-0.1, -0.05) is 0 Å². The van der Waals surface area contributed by atoms with Crippen molar-refractivity contribution in [3.05, 3.63) is 34.8 Å². The van der Waals surface area contributed by atoms with Gasteiger partial charge in [-0.25, -0.2) is 9.78 Å². The van der Waals surface area contributed by atoms with Crippen LogP contribution in [0.1, 0.15) is 31.4 Å². The summed E-state index contributed by atoms with van der Waals surface area (Å²) in [6, 6.07) is 1.17. The Kier molecular flexibility index (Phi) is 4.81. The van der Waals surface area contributed by atoms with Gasteiger partial charge in [0.1, 0.15) is 11.9 Å². The average molecular weight is 461 g/mol. The van der Waals surface area contributed by atoms with Gasteiger partial charge in [0.2, 0.25) is 5.91 Å². The highest BCUT2D eigenvalue weighted by Gasteiger charge is 2.36. The van der Waals surface area contributed by atoms with Gasteiger partial charge in [-0.05, 0) is 34.8 Å². The summed E-state index contributed by atoms with van der Waals surface area (Å²) in [6.07, 6.45) is 6.61. The number of hydrogen-bond donors (Lipinski definition) is 2. The number of amides is 1. The van der Waals surface area contributed by atoms with Crippen molar-refractivity contribution in [1.29, 1.82) is 0 Å². The number of likely N-dealkylation sites (tertiary alicyclic amines) is 1. The molecule has 29 heavy (non-hydrogen) atoms. The number of halogens is 1. The molecule has 2 unspecified atom stereocenters. The van der Waals surface area contributed by atoms with Gasteiger partial charge in [0.25, 0.3) is 0 Å². The Morgan fingerprint density at radius 1 is 1.34 bits per heavy atom. The van der Waals surface area contributed by atoms with Crippen LogP contribution in [0.25, 0.3) is 16.8 Å². The van der Waals surface area contributed by atoms with Crippen molar-refractivity contribution in [3.63, 3.8) is 0 Å². The van der Waals surface area contributed by atoms with E-state index in [2.05, 4.69) is 21.0 Å². The van der Waals surface area contributed by atoms with Gasteiger partial charge >= 0.3 is 5.97 Å². The van der Waals surface area contributed by atoms with Gasteiger partial charge in [0, 0.05) is 50.0 Å². The lowest BCUT2D eigenvalue weighted by Crippen LogP contribution is -2.49. The topological polar surface area (TPSA) is 119 Å². The summed E-state index contributed by atoms with van der Waals surface area (Å²) in [4.78, 5) is 29.8. The highest BCUT2D eigenvalue weighted by Crippen LogP contribution is 2.37. The largest absolute Gasteiger partial charge is 0.480 e. The first-order valence-corrected chi connectivity index (χ1v) is 10.0. The first-order valence-electron chi connectivity index (χ1n) is 9.23. The van der Waals surface area contributed by atoms with Crippen LogP contribution in [-0.4, -0.2) is 53.6 Å². The minimum atomic E-state index is -0.984. The molecule has 0 bridgehead atoms. The van der Waals surface area contributed by atoms with Gasteiger partial charge in [-0.15, -0.1) is 0 Å². The summed E-state index contributed by atoms with van der Waals surface area (Å²) >= 11 is 3.54. The van der Waals surface area contributed by atoms with E-state index in [1.54, 1.807) is 10.7 Å². The molecule has 3 aromatic heterocycles. The fraction of sp³-hybridized carbons (Fsp3) is 0.368. The zero-order valence-electron chi connectivity index (χ0n) is 16.0. The number of nitrogen functional groups attached to an aromatic ring is 1. The number of carboxylic acids is 1. The van der Waals surface area contributed by atoms with Crippen LogP contribution in [0.2, 0.25) is 0 Å². The van der Waals surface area contributed by atoms with E-state index in [1.165, 1.54) is 11.8 Å². The van der Waals surface area contributed by atoms with Crippen molar-refractivity contribution < 1.29 is 14.7 Å². The zero-order chi connectivity index (χ0) is 20.9. The van der Waals surface area contributed by atoms with E-state index < -0.39 is 12.0 Å². The van der Waals surface area contributed by atoms with Gasteiger partial charge in [-0.2, -0.15) is 9.61 Å². The number of nitrogens with zero attached hydrogens (tertiary/aromatic N) is 5. The fourth-order valence-corrected chi connectivity index (χ4v) is 4.53. The second kappa shape index (κ2) is 7.18. The molecule has 0 aliphatic carbocycles. The number of carbonyl (C=O) groups is 2. The van der Waals surface area contributed by atoms with E-state index in [-0.39, 0.29) is 18.4 Å². The van der Waals surface area contributed by atoms with Crippen LogP contribution in [-0.2, 0) is 16.6 Å². The van der Waals surface area contributed by atoms with Gasteiger partial charge < -0.3 is 20.3 Å². The number of carbonyl (C=O) groups excluding carboxylic acids is 1. The highest BCUT2D eigenvalue weighted by molar-refractivity contribution is 9.10. The normalized spacial score (nSPS) is 19.6. The number of nitrogens with two attached hydrogens (primary N) is 1. The highest BCUT2D eigenvalue weighted by atomic mass is 79.9. The quantitative estimate of drug-likeness (QED) is 0.618. The number of piperidine rings is 1. The third kappa shape index (κ3) is 3.27. The molecule has 10 heteroatoms. The third-order valence-corrected chi connectivity index (χ3v) is 6.26. The van der Waals surface area contributed by atoms with Crippen LogP contribution in [0.15, 0.2) is 29.1 Å². The number of carboxylic acid groups (broad SMARTS) is 1. The maximum Gasteiger partial charge on any atom is 0.326 e. The number of aryl methyl sites for hydroxylation is 1. The van der Waals surface area contributed by atoms with Crippen LogP contribution in [0, 0.1) is 0 Å². The van der Waals surface area contributed by atoms with Crippen molar-refractivity contribution in [2.75, 3.05) is 12.3 Å². The number of rotatable bonds is 3. The van der Waals surface area contributed by atoms with Crippen LogP contribution in [0.3, 0.4) is 0 Å². The van der Waals surface area contributed by atoms with E-state index in [1.807, 2.05) is 30.1 Å². The van der Waals surface area contributed by atoms with E-state index in [0.717, 1.165) is 11.1 Å². The Hall–Kier alpha value is -2.88. The Morgan fingerprint density at radius 2 is 2.10 bits per heavy atom. The molecule has 4 rings (SSSR count). The van der Waals surface area contributed by atoms with Crippen LogP contribution in [0.5, 0.6) is 0 Å². The molecule has 0 aromatic carbocycles. The molecule has 1 fully saturated rings. The Labute approximate surface area is 175 Å². The van der Waals surface area contributed by atoms with Gasteiger partial charge in [0.05, 0.1) is 16.4 Å². The monoisotopic (exact) mass is 460 g/mol. The molecule has 0 saturated carbocycles. The average Bonchev–Trinajstić information content (AvgIpc) is 3.30. The van der Waals surface area contributed by atoms with Crippen LogP contribution < -0.4 is 5.73 Å². The maximum atomic E-state index is 12.0. The van der Waals surface area contributed by atoms with Crippen molar-refractivity contribution in [2.45, 2.75) is 31.7 Å².